The van der Waals surface area contributed by atoms with Crippen LogP contribution in [0.1, 0.15) is 27.0 Å². The van der Waals surface area contributed by atoms with Crippen LogP contribution in [0.3, 0.4) is 0 Å². The molecule has 3 N–H and O–H groups in total. The summed E-state index contributed by atoms with van der Waals surface area (Å²) in [5.74, 6) is 0.334. The van der Waals surface area contributed by atoms with Gasteiger partial charge < -0.3 is 11.1 Å². The van der Waals surface area contributed by atoms with E-state index >= 15 is 0 Å². The zero-order valence-corrected chi connectivity index (χ0v) is 22.4. The second-order valence-corrected chi connectivity index (χ2v) is 9.33. The highest BCUT2D eigenvalue weighted by molar-refractivity contribution is 9.10. The Morgan fingerprint density at radius 1 is 1.03 bits per heavy atom. The summed E-state index contributed by atoms with van der Waals surface area (Å²) in [6.45, 7) is 0.375. The number of hydrogen-bond acceptors (Lipinski definition) is 4. The first kappa shape index (κ1) is 26.1. The molecule has 3 rings (SSSR count). The van der Waals surface area contributed by atoms with Gasteiger partial charge in [0, 0.05) is 26.8 Å². The molecule has 0 aromatic heterocycles. The fraction of sp³-hybridized carbons (Fsp3) is 0.0870. The fourth-order valence-electron chi connectivity index (χ4n) is 2.70. The van der Waals surface area contributed by atoms with E-state index in [1.54, 1.807) is 18.2 Å². The minimum Gasteiger partial charge on any atom is -0.378 e. The number of carbonyl (C=O) groups is 1. The number of hydrogen-bond donors (Lipinski definition) is 2. The lowest BCUT2D eigenvalue weighted by atomic mass is 10.1. The lowest BCUT2D eigenvalue weighted by molar-refractivity contribution is 0.0950. The average Bonchev–Trinajstić information content (AvgIpc) is 2.78. The van der Waals surface area contributed by atoms with E-state index in [-0.39, 0.29) is 22.9 Å². The molecule has 0 aliphatic rings. The summed E-state index contributed by atoms with van der Waals surface area (Å²) in [5.41, 5.74) is 9.79. The molecule has 3 aromatic carbocycles. The van der Waals surface area contributed by atoms with Gasteiger partial charge in [0.1, 0.15) is 0 Å². The molecule has 3 aromatic rings. The Kier molecular flexibility index (Phi) is 10.5. The summed E-state index contributed by atoms with van der Waals surface area (Å²) in [5, 5.41) is 12.2. The van der Waals surface area contributed by atoms with Gasteiger partial charge in [0.15, 0.2) is 5.17 Å². The van der Waals surface area contributed by atoms with E-state index in [1.807, 2.05) is 48.5 Å². The molecule has 0 saturated heterocycles. The van der Waals surface area contributed by atoms with Crippen LogP contribution in [0.5, 0.6) is 0 Å². The number of thioether (sulfide) groups is 1. The standard InChI is InChI=1S/C23H18Br2N4OS.BrH/c24-18-5-8-20(9-6-18)29-23(27)31-14-17-11-19(25)7-10-21(17)22(30)28-13-16-3-1-15(12-26)2-4-16;/h1-11H,13-14H2,(H2,27,29)(H,28,30);1H. The molecule has 0 atom stereocenters. The maximum absolute atomic E-state index is 12.8. The van der Waals surface area contributed by atoms with Gasteiger partial charge >= 0.3 is 0 Å². The van der Waals surface area contributed by atoms with Gasteiger partial charge in [-0.25, -0.2) is 4.99 Å². The van der Waals surface area contributed by atoms with Crippen molar-refractivity contribution in [3.8, 4) is 6.07 Å². The summed E-state index contributed by atoms with van der Waals surface area (Å²) in [6, 6.07) is 22.3. The van der Waals surface area contributed by atoms with Crippen molar-refractivity contribution in [3.05, 3.63) is 97.9 Å². The number of benzene rings is 3. The minimum absolute atomic E-state index is 0. The molecule has 164 valence electrons. The van der Waals surface area contributed by atoms with E-state index in [9.17, 15) is 4.79 Å². The topological polar surface area (TPSA) is 91.3 Å². The third-order valence-corrected chi connectivity index (χ3v) is 6.15. The largest absolute Gasteiger partial charge is 0.378 e. The number of amides is 1. The van der Waals surface area contributed by atoms with E-state index in [4.69, 9.17) is 11.0 Å². The van der Waals surface area contributed by atoms with E-state index in [2.05, 4.69) is 48.2 Å². The Balaban J connectivity index is 0.00000363. The summed E-state index contributed by atoms with van der Waals surface area (Å²) in [7, 11) is 0. The lowest BCUT2D eigenvalue weighted by Crippen LogP contribution is -2.24. The summed E-state index contributed by atoms with van der Waals surface area (Å²) < 4.78 is 1.86. The minimum atomic E-state index is -0.170. The third-order valence-electron chi connectivity index (χ3n) is 4.29. The van der Waals surface area contributed by atoms with Gasteiger partial charge in [-0.05, 0) is 65.7 Å². The van der Waals surface area contributed by atoms with Crippen molar-refractivity contribution in [2.45, 2.75) is 12.3 Å². The highest BCUT2D eigenvalue weighted by Crippen LogP contribution is 2.23. The predicted octanol–water partition coefficient (Wildman–Crippen LogP) is 6.47. The first-order valence-corrected chi connectivity index (χ1v) is 11.8. The van der Waals surface area contributed by atoms with Gasteiger partial charge in [-0.3, -0.25) is 4.79 Å². The Bertz CT molecular complexity index is 1140. The van der Waals surface area contributed by atoms with Crippen LogP contribution in [0.4, 0.5) is 5.69 Å². The van der Waals surface area contributed by atoms with Crippen molar-refractivity contribution in [1.82, 2.24) is 5.32 Å². The molecule has 0 heterocycles. The number of carbonyl (C=O) groups excluding carboxylic acids is 1. The second kappa shape index (κ2) is 12.8. The number of nitrogens with two attached hydrogens (primary N) is 1. The second-order valence-electron chi connectivity index (χ2n) is 6.51. The van der Waals surface area contributed by atoms with Crippen LogP contribution < -0.4 is 11.1 Å². The quantitative estimate of drug-likeness (QED) is 0.239. The molecule has 0 aliphatic carbocycles. The predicted molar refractivity (Wildman–Crippen MR) is 144 cm³/mol. The third kappa shape index (κ3) is 7.78. The zero-order chi connectivity index (χ0) is 22.2. The number of nitrogens with one attached hydrogen (secondary N) is 1. The first-order valence-electron chi connectivity index (χ1n) is 9.23. The first-order chi connectivity index (χ1) is 14.9. The van der Waals surface area contributed by atoms with Gasteiger partial charge in [-0.15, -0.1) is 17.0 Å². The summed E-state index contributed by atoms with van der Waals surface area (Å²) >= 11 is 8.24. The van der Waals surface area contributed by atoms with Crippen molar-refractivity contribution in [1.29, 1.82) is 5.26 Å². The lowest BCUT2D eigenvalue weighted by Gasteiger charge is -2.11. The van der Waals surface area contributed by atoms with E-state index in [0.717, 1.165) is 25.8 Å². The smallest absolute Gasteiger partial charge is 0.251 e. The molecule has 0 bridgehead atoms. The number of nitriles is 1. The maximum Gasteiger partial charge on any atom is 0.251 e. The number of rotatable bonds is 6. The van der Waals surface area contributed by atoms with Crippen LogP contribution >= 0.6 is 60.6 Å². The summed E-state index contributed by atoms with van der Waals surface area (Å²) in [6.07, 6.45) is 0. The van der Waals surface area contributed by atoms with Crippen LogP contribution in [0.25, 0.3) is 0 Å². The molecule has 5 nitrogen and oxygen atoms in total. The SMILES string of the molecule is Br.N#Cc1ccc(CNC(=O)c2ccc(Br)cc2CS/C(N)=N/c2ccc(Br)cc2)cc1. The summed E-state index contributed by atoms with van der Waals surface area (Å²) in [4.78, 5) is 17.2. The number of aliphatic imine (C=N–C) groups is 1. The van der Waals surface area contributed by atoms with Crippen LogP contribution in [-0.2, 0) is 12.3 Å². The Morgan fingerprint density at radius 3 is 2.34 bits per heavy atom. The molecule has 32 heavy (non-hydrogen) atoms. The van der Waals surface area contributed by atoms with Crippen molar-refractivity contribution >= 4 is 77.4 Å². The highest BCUT2D eigenvalue weighted by Gasteiger charge is 2.13. The van der Waals surface area contributed by atoms with Crippen molar-refractivity contribution in [3.63, 3.8) is 0 Å². The zero-order valence-electron chi connectivity index (χ0n) is 16.7. The molecule has 0 spiro atoms. The molecule has 0 saturated carbocycles. The number of amidine groups is 1. The van der Waals surface area contributed by atoms with E-state index in [1.165, 1.54) is 11.8 Å². The Labute approximate surface area is 218 Å². The molecule has 0 unspecified atom stereocenters. The molecule has 0 aliphatic heterocycles. The van der Waals surface area contributed by atoms with Crippen molar-refractivity contribution < 1.29 is 4.79 Å². The van der Waals surface area contributed by atoms with Gasteiger partial charge in [-0.2, -0.15) is 5.26 Å². The monoisotopic (exact) mass is 636 g/mol. The number of halogens is 3. The van der Waals surface area contributed by atoms with Gasteiger partial charge in [0.05, 0.1) is 17.3 Å². The van der Waals surface area contributed by atoms with Crippen LogP contribution in [0, 0.1) is 11.3 Å². The van der Waals surface area contributed by atoms with Crippen molar-refractivity contribution in [2.75, 3.05) is 0 Å². The molecular weight excluding hydrogens is 620 g/mol. The molecule has 0 fully saturated rings. The van der Waals surface area contributed by atoms with E-state index < -0.39 is 0 Å². The molecule has 1 amide bonds. The maximum atomic E-state index is 12.8. The van der Waals surface area contributed by atoms with Crippen LogP contribution in [0.2, 0.25) is 0 Å². The normalized spacial score (nSPS) is 10.7. The molecule has 9 heteroatoms. The van der Waals surface area contributed by atoms with Crippen molar-refractivity contribution in [2.24, 2.45) is 10.7 Å². The average molecular weight is 639 g/mol. The van der Waals surface area contributed by atoms with Crippen LogP contribution in [-0.4, -0.2) is 11.1 Å². The number of nitrogens with zero attached hydrogens (tertiary/aromatic N) is 2. The molecular formula is C23H19Br3N4OS. The fourth-order valence-corrected chi connectivity index (χ4v) is 4.09. The van der Waals surface area contributed by atoms with Crippen LogP contribution in [0.15, 0.2) is 80.7 Å². The van der Waals surface area contributed by atoms with E-state index in [0.29, 0.717) is 28.6 Å². The van der Waals surface area contributed by atoms with Gasteiger partial charge in [0.25, 0.3) is 5.91 Å². The Hall–Kier alpha value is -2.12. The highest BCUT2D eigenvalue weighted by atomic mass is 79.9. The van der Waals surface area contributed by atoms with Gasteiger partial charge in [-0.1, -0.05) is 55.8 Å². The molecule has 0 radical (unpaired) electrons. The Morgan fingerprint density at radius 2 is 1.69 bits per heavy atom. The van der Waals surface area contributed by atoms with Gasteiger partial charge in [0.2, 0.25) is 0 Å².